The number of carbonyl (C=O) groups is 2. The van der Waals surface area contributed by atoms with Crippen LogP contribution in [0.25, 0.3) is 0 Å². The highest BCUT2D eigenvalue weighted by Gasteiger charge is 2.21. The summed E-state index contributed by atoms with van der Waals surface area (Å²) < 4.78 is 33.8. The van der Waals surface area contributed by atoms with Gasteiger partial charge in [0.2, 0.25) is 0 Å². The molecule has 0 N–H and O–H groups in total. The van der Waals surface area contributed by atoms with E-state index in [2.05, 4.69) is 74.6 Å². The quantitative estimate of drug-likeness (QED) is 0.0199. The molecule has 10 heteroatoms. The van der Waals surface area contributed by atoms with Crippen LogP contribution < -0.4 is 4.89 Å². The summed E-state index contributed by atoms with van der Waals surface area (Å²) in [6, 6.07) is 0. The minimum absolute atomic E-state index is 0.0468. The average molecular weight is 806 g/mol. The molecule has 0 saturated carbocycles. The van der Waals surface area contributed by atoms with E-state index in [0.29, 0.717) is 17.4 Å². The van der Waals surface area contributed by atoms with Gasteiger partial charge in [-0.15, -0.1) is 0 Å². The third-order valence-electron chi connectivity index (χ3n) is 8.75. The van der Waals surface area contributed by atoms with Gasteiger partial charge in [-0.05, 0) is 51.4 Å². The van der Waals surface area contributed by atoms with Crippen molar-refractivity contribution in [3.05, 3.63) is 72.9 Å². The van der Waals surface area contributed by atoms with Crippen molar-refractivity contribution in [1.29, 1.82) is 0 Å². The number of allylic oxidation sites excluding steroid dienone is 12. The third-order valence-corrected chi connectivity index (χ3v) is 9.72. The predicted molar refractivity (Wildman–Crippen MR) is 231 cm³/mol. The topological polar surface area (TPSA) is 111 Å². The Hall–Kier alpha value is -2.55. The average Bonchev–Trinajstić information content (AvgIpc) is 3.15. The van der Waals surface area contributed by atoms with E-state index < -0.39 is 32.5 Å². The van der Waals surface area contributed by atoms with E-state index in [4.69, 9.17) is 18.5 Å². The summed E-state index contributed by atoms with van der Waals surface area (Å²) in [5, 5.41) is 0. The lowest BCUT2D eigenvalue weighted by molar-refractivity contribution is -0.870. The number of hydrogen-bond acceptors (Lipinski definition) is 8. The molecule has 322 valence electrons. The molecule has 2 atom stereocenters. The number of ether oxygens (including phenoxy) is 2. The number of nitrogens with zero attached hydrogens (tertiary/aromatic N) is 1. The van der Waals surface area contributed by atoms with Crippen molar-refractivity contribution in [3.8, 4) is 0 Å². The van der Waals surface area contributed by atoms with Gasteiger partial charge in [0.1, 0.15) is 19.8 Å². The van der Waals surface area contributed by atoms with Crippen LogP contribution in [0.4, 0.5) is 0 Å². The first-order valence-corrected chi connectivity index (χ1v) is 23.1. The van der Waals surface area contributed by atoms with Crippen LogP contribution in [-0.4, -0.2) is 70.0 Å². The fourth-order valence-electron chi connectivity index (χ4n) is 5.39. The summed E-state index contributed by atoms with van der Waals surface area (Å²) in [4.78, 5) is 37.5. The van der Waals surface area contributed by atoms with Gasteiger partial charge in [0.05, 0.1) is 27.7 Å². The first kappa shape index (κ1) is 53.5. The molecule has 0 heterocycles. The van der Waals surface area contributed by atoms with E-state index in [0.717, 1.165) is 57.8 Å². The second-order valence-electron chi connectivity index (χ2n) is 15.3. The summed E-state index contributed by atoms with van der Waals surface area (Å²) in [6.07, 6.45) is 46.6. The molecule has 56 heavy (non-hydrogen) atoms. The van der Waals surface area contributed by atoms with Crippen LogP contribution >= 0.6 is 7.82 Å². The summed E-state index contributed by atoms with van der Waals surface area (Å²) in [5.41, 5.74) is 0. The van der Waals surface area contributed by atoms with Crippen LogP contribution in [0, 0.1) is 0 Å². The minimum atomic E-state index is -4.65. The van der Waals surface area contributed by atoms with Gasteiger partial charge in [-0.1, -0.05) is 164 Å². The fraction of sp³-hybridized carbons (Fsp3) is 0.696. The number of esters is 2. The Kier molecular flexibility index (Phi) is 36.3. The van der Waals surface area contributed by atoms with Crippen LogP contribution in [0.15, 0.2) is 72.9 Å². The zero-order chi connectivity index (χ0) is 41.4. The molecular weight excluding hydrogens is 725 g/mol. The SMILES string of the molecule is CC/C=C\C/C=C/C/C=C/C/C=C/C/C=C/C/C=C/CCC(=O)O[C@H](COC(=O)CCCCCCCCCCCCCCC)COP(=O)([O-])OCC[N+](C)(C)C. The number of carbonyl (C=O) groups excluding carboxylic acids is 2. The highest BCUT2D eigenvalue weighted by Crippen LogP contribution is 2.38. The number of phosphoric acid groups is 1. The number of likely N-dealkylation sites (N-methyl/N-ethyl adjacent to an activating group) is 1. The Morgan fingerprint density at radius 2 is 1.02 bits per heavy atom. The van der Waals surface area contributed by atoms with Crippen molar-refractivity contribution < 1.29 is 42.1 Å². The van der Waals surface area contributed by atoms with Gasteiger partial charge in [-0.3, -0.25) is 14.2 Å². The summed E-state index contributed by atoms with van der Waals surface area (Å²) >= 11 is 0. The van der Waals surface area contributed by atoms with E-state index >= 15 is 0 Å². The standard InChI is InChI=1S/C46H80NO8P/c1-6-8-10-12-14-16-18-20-21-22-23-24-25-27-29-31-33-35-37-39-46(49)55-44(43-54-56(50,51)53-41-40-47(3,4)5)42-52-45(48)38-36-34-32-30-28-26-19-17-15-13-11-9-7-2/h8,10,14,16,20-21,23-24,27,29,33,35,44H,6-7,9,11-13,15,17-19,22,25-26,28,30-32,34,36-43H2,1-5H3/b10-8-,16-14+,21-20+,24-23+,29-27+,35-33+/t44-/m1/s1. The highest BCUT2D eigenvalue weighted by molar-refractivity contribution is 7.45. The molecule has 0 aromatic rings. The van der Waals surface area contributed by atoms with E-state index in [1.165, 1.54) is 64.2 Å². The number of unbranched alkanes of at least 4 members (excludes halogenated alkanes) is 12. The lowest BCUT2D eigenvalue weighted by Crippen LogP contribution is -2.37. The smallest absolute Gasteiger partial charge is 0.306 e. The third kappa shape index (κ3) is 41.1. The van der Waals surface area contributed by atoms with Crippen LogP contribution in [0.2, 0.25) is 0 Å². The van der Waals surface area contributed by atoms with Crippen molar-refractivity contribution >= 4 is 19.8 Å². The van der Waals surface area contributed by atoms with Crippen LogP contribution in [0.1, 0.15) is 155 Å². The van der Waals surface area contributed by atoms with E-state index in [1.807, 2.05) is 33.3 Å². The Labute approximate surface area is 342 Å². The number of quaternary nitrogens is 1. The molecule has 0 aromatic heterocycles. The first-order valence-electron chi connectivity index (χ1n) is 21.6. The Bertz CT molecular complexity index is 1180. The molecule has 0 spiro atoms. The maximum absolute atomic E-state index is 12.6. The second-order valence-corrected chi connectivity index (χ2v) is 16.7. The monoisotopic (exact) mass is 806 g/mol. The van der Waals surface area contributed by atoms with Crippen molar-refractivity contribution in [2.75, 3.05) is 47.5 Å². The number of phosphoric ester groups is 1. The molecule has 0 fully saturated rings. The molecule has 0 aliphatic rings. The minimum Gasteiger partial charge on any atom is -0.756 e. The molecule has 0 rings (SSSR count). The highest BCUT2D eigenvalue weighted by atomic mass is 31.2. The zero-order valence-corrected chi connectivity index (χ0v) is 36.9. The van der Waals surface area contributed by atoms with Crippen LogP contribution in [0.3, 0.4) is 0 Å². The van der Waals surface area contributed by atoms with Crippen molar-refractivity contribution in [2.45, 2.75) is 161 Å². The van der Waals surface area contributed by atoms with E-state index in [-0.39, 0.29) is 26.1 Å². The Balaban J connectivity index is 4.51. The maximum Gasteiger partial charge on any atom is 0.306 e. The largest absolute Gasteiger partial charge is 0.756 e. The van der Waals surface area contributed by atoms with Gasteiger partial charge in [-0.2, -0.15) is 0 Å². The number of rotatable bonds is 38. The molecule has 0 aliphatic heterocycles. The van der Waals surface area contributed by atoms with Crippen molar-refractivity contribution in [2.24, 2.45) is 0 Å². The van der Waals surface area contributed by atoms with E-state index in [9.17, 15) is 19.0 Å². The summed E-state index contributed by atoms with van der Waals surface area (Å²) in [6.45, 7) is 4.01. The summed E-state index contributed by atoms with van der Waals surface area (Å²) in [7, 11) is 1.11. The van der Waals surface area contributed by atoms with Gasteiger partial charge >= 0.3 is 11.9 Å². The van der Waals surface area contributed by atoms with Crippen LogP contribution in [-0.2, 0) is 32.7 Å². The fourth-order valence-corrected chi connectivity index (χ4v) is 6.11. The molecule has 0 bridgehead atoms. The predicted octanol–water partition coefficient (Wildman–Crippen LogP) is 11.6. The van der Waals surface area contributed by atoms with Gasteiger partial charge in [-0.25, -0.2) is 0 Å². The molecule has 0 saturated heterocycles. The summed E-state index contributed by atoms with van der Waals surface area (Å²) in [5.74, 6) is -0.936. The van der Waals surface area contributed by atoms with Gasteiger partial charge in [0.15, 0.2) is 6.10 Å². The Morgan fingerprint density at radius 1 is 0.571 bits per heavy atom. The molecule has 0 aromatic carbocycles. The molecule has 9 nitrogen and oxygen atoms in total. The van der Waals surface area contributed by atoms with Crippen molar-refractivity contribution in [3.63, 3.8) is 0 Å². The second kappa shape index (κ2) is 38.0. The lowest BCUT2D eigenvalue weighted by atomic mass is 10.0. The zero-order valence-electron chi connectivity index (χ0n) is 36.1. The van der Waals surface area contributed by atoms with Gasteiger partial charge in [0, 0.05) is 12.8 Å². The van der Waals surface area contributed by atoms with Gasteiger partial charge < -0.3 is 27.9 Å². The van der Waals surface area contributed by atoms with Crippen molar-refractivity contribution in [1.82, 2.24) is 0 Å². The first-order chi connectivity index (χ1) is 27.0. The Morgan fingerprint density at radius 3 is 1.48 bits per heavy atom. The molecule has 0 amide bonds. The lowest BCUT2D eigenvalue weighted by Gasteiger charge is -2.28. The maximum atomic E-state index is 12.6. The van der Waals surface area contributed by atoms with Crippen LogP contribution in [0.5, 0.6) is 0 Å². The molecule has 1 unspecified atom stereocenters. The number of hydrogen-bond donors (Lipinski definition) is 0. The normalized spacial score (nSPS) is 14.3. The van der Waals surface area contributed by atoms with Gasteiger partial charge in [0.25, 0.3) is 7.82 Å². The molecular formula is C46H80NO8P. The molecule has 0 aliphatic carbocycles. The molecule has 0 radical (unpaired) electrons. The van der Waals surface area contributed by atoms with E-state index in [1.54, 1.807) is 0 Å².